The molecule has 1 aromatic heterocycles. The van der Waals surface area contributed by atoms with Crippen LogP contribution in [-0.4, -0.2) is 16.0 Å². The number of alkyl halides is 2. The molecule has 0 unspecified atom stereocenters. The highest BCUT2D eigenvalue weighted by Crippen LogP contribution is 2.26. The van der Waals surface area contributed by atoms with Crippen LogP contribution < -0.4 is 5.32 Å². The highest BCUT2D eigenvalue weighted by molar-refractivity contribution is 5.61. The molecule has 1 saturated carbocycles. The van der Waals surface area contributed by atoms with Crippen LogP contribution in [0.5, 0.6) is 0 Å². The zero-order valence-corrected chi connectivity index (χ0v) is 11.9. The van der Waals surface area contributed by atoms with Gasteiger partial charge in [0.1, 0.15) is 11.5 Å². The van der Waals surface area contributed by atoms with Crippen molar-refractivity contribution in [2.45, 2.75) is 38.2 Å². The van der Waals surface area contributed by atoms with Crippen molar-refractivity contribution >= 4 is 5.95 Å². The molecule has 6 heteroatoms. The molecule has 1 heterocycles. The van der Waals surface area contributed by atoms with Crippen LogP contribution in [0.25, 0.3) is 11.3 Å². The lowest BCUT2D eigenvalue weighted by Gasteiger charge is -2.14. The van der Waals surface area contributed by atoms with E-state index in [1.807, 2.05) is 0 Å². The van der Waals surface area contributed by atoms with E-state index in [9.17, 15) is 13.2 Å². The van der Waals surface area contributed by atoms with Crippen molar-refractivity contribution in [3.8, 4) is 11.3 Å². The smallest absolute Gasteiger partial charge is 0.280 e. The Morgan fingerprint density at radius 2 is 1.73 bits per heavy atom. The summed E-state index contributed by atoms with van der Waals surface area (Å²) < 4.78 is 39.1. The highest BCUT2D eigenvalue weighted by atomic mass is 19.3. The monoisotopic (exact) mass is 307 g/mol. The molecule has 0 spiro atoms. The Hall–Kier alpha value is -2.11. The van der Waals surface area contributed by atoms with Gasteiger partial charge in [-0.2, -0.15) is 0 Å². The molecule has 0 saturated heterocycles. The molecule has 3 nitrogen and oxygen atoms in total. The van der Waals surface area contributed by atoms with Gasteiger partial charge in [-0.05, 0) is 43.2 Å². The van der Waals surface area contributed by atoms with Crippen molar-refractivity contribution < 1.29 is 13.2 Å². The maximum Gasteiger partial charge on any atom is 0.280 e. The summed E-state index contributed by atoms with van der Waals surface area (Å²) in [4.78, 5) is 8.19. The van der Waals surface area contributed by atoms with Crippen molar-refractivity contribution in [2.75, 3.05) is 5.32 Å². The van der Waals surface area contributed by atoms with Crippen LogP contribution in [0.1, 0.15) is 37.8 Å². The number of aromatic nitrogens is 2. The Labute approximate surface area is 126 Å². The minimum atomic E-state index is -2.67. The lowest BCUT2D eigenvalue weighted by atomic mass is 10.1. The van der Waals surface area contributed by atoms with E-state index < -0.39 is 6.43 Å². The van der Waals surface area contributed by atoms with Gasteiger partial charge >= 0.3 is 0 Å². The van der Waals surface area contributed by atoms with Crippen LogP contribution in [0.3, 0.4) is 0 Å². The summed E-state index contributed by atoms with van der Waals surface area (Å²) in [6, 6.07) is 7.08. The summed E-state index contributed by atoms with van der Waals surface area (Å²) in [5.74, 6) is -0.166. The topological polar surface area (TPSA) is 37.8 Å². The van der Waals surface area contributed by atoms with Gasteiger partial charge in [-0.25, -0.2) is 23.1 Å². The van der Waals surface area contributed by atoms with Crippen molar-refractivity contribution in [1.82, 2.24) is 9.97 Å². The van der Waals surface area contributed by atoms with E-state index in [4.69, 9.17) is 0 Å². The van der Waals surface area contributed by atoms with Crippen LogP contribution >= 0.6 is 0 Å². The molecule has 1 aromatic carbocycles. The Kier molecular flexibility index (Phi) is 4.27. The predicted octanol–water partition coefficient (Wildman–Crippen LogP) is 4.57. The van der Waals surface area contributed by atoms with Gasteiger partial charge < -0.3 is 5.32 Å². The molecular formula is C16H16F3N3. The van der Waals surface area contributed by atoms with Gasteiger partial charge in [0.15, 0.2) is 0 Å². The molecular weight excluding hydrogens is 291 g/mol. The van der Waals surface area contributed by atoms with E-state index in [1.54, 1.807) is 0 Å². The summed E-state index contributed by atoms with van der Waals surface area (Å²) >= 11 is 0. The molecule has 1 aliphatic carbocycles. The average Bonchev–Trinajstić information content (AvgIpc) is 3.00. The molecule has 1 fully saturated rings. The molecule has 22 heavy (non-hydrogen) atoms. The lowest BCUT2D eigenvalue weighted by molar-refractivity contribution is 0.146. The van der Waals surface area contributed by atoms with E-state index in [-0.39, 0.29) is 23.5 Å². The second-order valence-corrected chi connectivity index (χ2v) is 5.43. The molecule has 2 aromatic rings. The highest BCUT2D eigenvalue weighted by Gasteiger charge is 2.18. The average molecular weight is 307 g/mol. The van der Waals surface area contributed by atoms with Crippen LogP contribution in [-0.2, 0) is 0 Å². The van der Waals surface area contributed by atoms with Crippen LogP contribution in [0.2, 0.25) is 0 Å². The molecule has 1 N–H and O–H groups in total. The summed E-state index contributed by atoms with van der Waals surface area (Å²) in [6.07, 6.45) is 1.56. The molecule has 0 bridgehead atoms. The number of nitrogens with one attached hydrogen (secondary N) is 1. The zero-order valence-electron chi connectivity index (χ0n) is 11.9. The predicted molar refractivity (Wildman–Crippen MR) is 78.3 cm³/mol. The van der Waals surface area contributed by atoms with Crippen LogP contribution in [0, 0.1) is 5.82 Å². The number of halogens is 3. The van der Waals surface area contributed by atoms with Crippen molar-refractivity contribution in [3.63, 3.8) is 0 Å². The van der Waals surface area contributed by atoms with Crippen molar-refractivity contribution in [1.29, 1.82) is 0 Å². The maximum atomic E-state index is 13.0. The van der Waals surface area contributed by atoms with Crippen molar-refractivity contribution in [2.24, 2.45) is 0 Å². The Balaban J connectivity index is 1.94. The second-order valence-electron chi connectivity index (χ2n) is 5.43. The Morgan fingerprint density at radius 3 is 2.36 bits per heavy atom. The first-order valence-electron chi connectivity index (χ1n) is 7.31. The third-order valence-electron chi connectivity index (χ3n) is 3.80. The normalized spacial score (nSPS) is 15.5. The van der Waals surface area contributed by atoms with E-state index >= 15 is 0 Å². The van der Waals surface area contributed by atoms with Gasteiger partial charge in [0.05, 0.1) is 5.69 Å². The van der Waals surface area contributed by atoms with E-state index in [0.29, 0.717) is 11.3 Å². The Bertz CT molecular complexity index is 638. The summed E-state index contributed by atoms with van der Waals surface area (Å²) in [6.45, 7) is 0. The first-order chi connectivity index (χ1) is 10.6. The fourth-order valence-corrected chi connectivity index (χ4v) is 2.66. The molecule has 0 aliphatic heterocycles. The van der Waals surface area contributed by atoms with Crippen molar-refractivity contribution in [3.05, 3.63) is 41.8 Å². The first kappa shape index (κ1) is 14.8. The number of anilines is 1. The molecule has 0 atom stereocenters. The lowest BCUT2D eigenvalue weighted by Crippen LogP contribution is -2.17. The summed E-state index contributed by atoms with van der Waals surface area (Å²) in [7, 11) is 0. The molecule has 116 valence electrons. The third-order valence-corrected chi connectivity index (χ3v) is 3.80. The number of benzene rings is 1. The van der Waals surface area contributed by atoms with Crippen LogP contribution in [0.4, 0.5) is 19.1 Å². The second kappa shape index (κ2) is 6.34. The zero-order chi connectivity index (χ0) is 15.5. The quantitative estimate of drug-likeness (QED) is 0.898. The van der Waals surface area contributed by atoms with Gasteiger partial charge in [0, 0.05) is 11.6 Å². The number of rotatable bonds is 4. The summed E-state index contributed by atoms with van der Waals surface area (Å²) in [5, 5.41) is 3.13. The van der Waals surface area contributed by atoms with E-state index in [0.717, 1.165) is 25.7 Å². The number of nitrogens with zero attached hydrogens (tertiary/aromatic N) is 2. The first-order valence-corrected chi connectivity index (χ1v) is 7.31. The maximum absolute atomic E-state index is 13.0. The fraction of sp³-hybridized carbons (Fsp3) is 0.375. The van der Waals surface area contributed by atoms with E-state index in [1.165, 1.54) is 30.3 Å². The Morgan fingerprint density at radius 1 is 1.05 bits per heavy atom. The van der Waals surface area contributed by atoms with Gasteiger partial charge in [-0.1, -0.05) is 12.8 Å². The summed E-state index contributed by atoms with van der Waals surface area (Å²) in [5.41, 5.74) is 0.626. The largest absolute Gasteiger partial charge is 0.351 e. The van der Waals surface area contributed by atoms with Gasteiger partial charge in [-0.15, -0.1) is 0 Å². The van der Waals surface area contributed by atoms with Gasteiger partial charge in [0.2, 0.25) is 5.95 Å². The molecule has 3 rings (SSSR count). The third kappa shape index (κ3) is 3.37. The van der Waals surface area contributed by atoms with Gasteiger partial charge in [-0.3, -0.25) is 0 Å². The molecule has 0 amide bonds. The standard InChI is InChI=1S/C16H16F3N3/c17-11-7-5-10(6-8-11)13-9-14(15(18)19)22-16(21-13)20-12-3-1-2-4-12/h5-9,12,15H,1-4H2,(H,20,21,22). The molecule has 0 radical (unpaired) electrons. The minimum Gasteiger partial charge on any atom is -0.351 e. The minimum absolute atomic E-state index is 0.212. The van der Waals surface area contributed by atoms with E-state index in [2.05, 4.69) is 15.3 Å². The number of hydrogen-bond donors (Lipinski definition) is 1. The SMILES string of the molecule is Fc1ccc(-c2cc(C(F)F)nc(NC3CCCC3)n2)cc1. The van der Waals surface area contributed by atoms with Crippen LogP contribution in [0.15, 0.2) is 30.3 Å². The molecule has 1 aliphatic rings. The fourth-order valence-electron chi connectivity index (χ4n) is 2.66. The van der Waals surface area contributed by atoms with Gasteiger partial charge in [0.25, 0.3) is 6.43 Å². The number of hydrogen-bond acceptors (Lipinski definition) is 3.